The van der Waals surface area contributed by atoms with Crippen LogP contribution in [-0.4, -0.2) is 19.5 Å². The van der Waals surface area contributed by atoms with Crippen LogP contribution in [0.3, 0.4) is 0 Å². The van der Waals surface area contributed by atoms with Crippen molar-refractivity contribution in [2.45, 2.75) is 26.2 Å². The van der Waals surface area contributed by atoms with Gasteiger partial charge in [0.1, 0.15) is 17.3 Å². The Morgan fingerprint density at radius 2 is 1.94 bits per heavy atom. The van der Waals surface area contributed by atoms with Crippen molar-refractivity contribution in [3.05, 3.63) is 23.3 Å². The van der Waals surface area contributed by atoms with E-state index < -0.39 is 0 Å². The molecule has 0 aliphatic heterocycles. The summed E-state index contributed by atoms with van der Waals surface area (Å²) in [5.41, 5.74) is 2.14. The van der Waals surface area contributed by atoms with Crippen LogP contribution in [0.5, 0.6) is 11.5 Å². The monoisotopic (exact) mass is 220 g/mol. The highest BCUT2D eigenvalue weighted by atomic mass is 16.5. The highest BCUT2D eigenvalue weighted by molar-refractivity contribution is 5.84. The highest BCUT2D eigenvalue weighted by Crippen LogP contribution is 2.34. The molecule has 0 bridgehead atoms. The van der Waals surface area contributed by atoms with E-state index >= 15 is 0 Å². The maximum absolute atomic E-state index is 11.5. The molecule has 1 aromatic carbocycles. The number of methoxy groups -OCH3 is 1. The Morgan fingerprint density at radius 1 is 1.19 bits per heavy atom. The molecular formula is C13H16O3. The number of hydrogen-bond acceptors (Lipinski definition) is 3. The molecule has 3 heteroatoms. The van der Waals surface area contributed by atoms with Gasteiger partial charge in [0.25, 0.3) is 0 Å². The third kappa shape index (κ3) is 1.90. The highest BCUT2D eigenvalue weighted by Gasteiger charge is 2.22. The van der Waals surface area contributed by atoms with Gasteiger partial charge in [-0.1, -0.05) is 0 Å². The summed E-state index contributed by atoms with van der Waals surface area (Å²) in [6.07, 6.45) is 1.85. The smallest absolute Gasteiger partial charge is 0.137 e. The predicted octanol–water partition coefficient (Wildman–Crippen LogP) is 2.15. The standard InChI is InChI=1S/C13H16O3/c1-3-16-13-7-6-12(15-2)11-8-9(14)4-5-10(11)13/h6-7H,3-5,8H2,1-2H3. The van der Waals surface area contributed by atoms with Crippen LogP contribution in [0.15, 0.2) is 12.1 Å². The second-order valence-corrected chi connectivity index (χ2v) is 3.87. The summed E-state index contributed by atoms with van der Waals surface area (Å²) in [7, 11) is 1.63. The molecule has 0 spiro atoms. The van der Waals surface area contributed by atoms with E-state index in [4.69, 9.17) is 9.47 Å². The number of hydrogen-bond donors (Lipinski definition) is 0. The van der Waals surface area contributed by atoms with E-state index in [2.05, 4.69) is 0 Å². The van der Waals surface area contributed by atoms with Gasteiger partial charge >= 0.3 is 0 Å². The molecule has 0 radical (unpaired) electrons. The van der Waals surface area contributed by atoms with Gasteiger partial charge < -0.3 is 9.47 Å². The summed E-state index contributed by atoms with van der Waals surface area (Å²) in [5, 5.41) is 0. The van der Waals surface area contributed by atoms with Crippen LogP contribution in [0, 0.1) is 0 Å². The van der Waals surface area contributed by atoms with Gasteiger partial charge in [0.15, 0.2) is 0 Å². The van der Waals surface area contributed by atoms with Crippen LogP contribution in [0.25, 0.3) is 0 Å². The molecule has 2 rings (SSSR count). The Kier molecular flexibility index (Phi) is 3.13. The van der Waals surface area contributed by atoms with Crippen molar-refractivity contribution in [2.75, 3.05) is 13.7 Å². The van der Waals surface area contributed by atoms with E-state index in [1.807, 2.05) is 19.1 Å². The zero-order valence-electron chi connectivity index (χ0n) is 9.71. The number of carbonyl (C=O) groups is 1. The van der Waals surface area contributed by atoms with Crippen LogP contribution >= 0.6 is 0 Å². The lowest BCUT2D eigenvalue weighted by molar-refractivity contribution is -0.118. The Morgan fingerprint density at radius 3 is 2.62 bits per heavy atom. The molecule has 0 N–H and O–H groups in total. The summed E-state index contributed by atoms with van der Waals surface area (Å²) >= 11 is 0. The van der Waals surface area contributed by atoms with Gasteiger partial charge in [-0.2, -0.15) is 0 Å². The Bertz CT molecular complexity index is 410. The van der Waals surface area contributed by atoms with E-state index in [1.54, 1.807) is 7.11 Å². The summed E-state index contributed by atoms with van der Waals surface area (Å²) in [6, 6.07) is 3.80. The maximum atomic E-state index is 11.5. The van der Waals surface area contributed by atoms with Crippen molar-refractivity contribution in [1.82, 2.24) is 0 Å². The summed E-state index contributed by atoms with van der Waals surface area (Å²) in [6.45, 7) is 2.61. The Hall–Kier alpha value is -1.51. The fourth-order valence-electron chi connectivity index (χ4n) is 2.15. The van der Waals surface area contributed by atoms with E-state index in [9.17, 15) is 4.79 Å². The summed E-state index contributed by atoms with van der Waals surface area (Å²) < 4.78 is 10.9. The van der Waals surface area contributed by atoms with Gasteiger partial charge in [0.2, 0.25) is 0 Å². The molecule has 3 nitrogen and oxygen atoms in total. The second kappa shape index (κ2) is 4.56. The number of benzene rings is 1. The number of carbonyl (C=O) groups excluding carboxylic acids is 1. The van der Waals surface area contributed by atoms with Crippen LogP contribution in [0.1, 0.15) is 24.5 Å². The first kappa shape index (κ1) is 11.0. The van der Waals surface area contributed by atoms with Crippen LogP contribution in [0.4, 0.5) is 0 Å². The normalized spacial score (nSPS) is 14.5. The average Bonchev–Trinajstić information content (AvgIpc) is 2.29. The van der Waals surface area contributed by atoms with Crippen LogP contribution in [0.2, 0.25) is 0 Å². The number of rotatable bonds is 3. The van der Waals surface area contributed by atoms with Crippen molar-refractivity contribution in [3.63, 3.8) is 0 Å². The number of ether oxygens (including phenoxy) is 2. The number of ketones is 1. The topological polar surface area (TPSA) is 35.5 Å². The van der Waals surface area contributed by atoms with Crippen molar-refractivity contribution in [1.29, 1.82) is 0 Å². The molecular weight excluding hydrogens is 204 g/mol. The van der Waals surface area contributed by atoms with Crippen molar-refractivity contribution in [3.8, 4) is 11.5 Å². The van der Waals surface area contributed by atoms with Gasteiger partial charge in [-0.25, -0.2) is 0 Å². The molecule has 0 fully saturated rings. The largest absolute Gasteiger partial charge is 0.496 e. The van der Waals surface area contributed by atoms with E-state index in [0.717, 1.165) is 29.0 Å². The first-order chi connectivity index (χ1) is 7.76. The van der Waals surface area contributed by atoms with Crippen molar-refractivity contribution < 1.29 is 14.3 Å². The van der Waals surface area contributed by atoms with E-state index in [1.165, 1.54) is 0 Å². The van der Waals surface area contributed by atoms with Crippen molar-refractivity contribution in [2.24, 2.45) is 0 Å². The molecule has 16 heavy (non-hydrogen) atoms. The quantitative estimate of drug-likeness (QED) is 0.783. The number of Topliss-reactive ketones (excluding diaryl/α,β-unsaturated/α-hetero) is 1. The van der Waals surface area contributed by atoms with Gasteiger partial charge in [0, 0.05) is 24.0 Å². The third-order valence-corrected chi connectivity index (χ3v) is 2.89. The lowest BCUT2D eigenvalue weighted by Crippen LogP contribution is -2.15. The fourth-order valence-corrected chi connectivity index (χ4v) is 2.15. The molecule has 1 aliphatic carbocycles. The van der Waals surface area contributed by atoms with E-state index in [0.29, 0.717) is 19.4 Å². The summed E-state index contributed by atoms with van der Waals surface area (Å²) in [5.74, 6) is 1.97. The van der Waals surface area contributed by atoms with Gasteiger partial charge in [-0.3, -0.25) is 4.79 Å². The molecule has 86 valence electrons. The Balaban J connectivity index is 2.46. The lowest BCUT2D eigenvalue weighted by atomic mass is 9.89. The first-order valence-electron chi connectivity index (χ1n) is 5.59. The zero-order chi connectivity index (χ0) is 11.5. The molecule has 0 amide bonds. The van der Waals surface area contributed by atoms with Gasteiger partial charge in [-0.05, 0) is 25.5 Å². The molecule has 1 aliphatic rings. The van der Waals surface area contributed by atoms with Crippen LogP contribution in [-0.2, 0) is 17.6 Å². The van der Waals surface area contributed by atoms with E-state index in [-0.39, 0.29) is 5.78 Å². The second-order valence-electron chi connectivity index (χ2n) is 3.87. The predicted molar refractivity (Wildman–Crippen MR) is 61.2 cm³/mol. The SMILES string of the molecule is CCOc1ccc(OC)c2c1CCC(=O)C2. The fraction of sp³-hybridized carbons (Fsp3) is 0.462. The third-order valence-electron chi connectivity index (χ3n) is 2.89. The molecule has 0 atom stereocenters. The maximum Gasteiger partial charge on any atom is 0.137 e. The minimum absolute atomic E-state index is 0.277. The average molecular weight is 220 g/mol. The summed E-state index contributed by atoms with van der Waals surface area (Å²) in [4.78, 5) is 11.5. The first-order valence-corrected chi connectivity index (χ1v) is 5.59. The molecule has 0 saturated heterocycles. The van der Waals surface area contributed by atoms with Crippen molar-refractivity contribution >= 4 is 5.78 Å². The molecule has 0 aromatic heterocycles. The minimum Gasteiger partial charge on any atom is -0.496 e. The van der Waals surface area contributed by atoms with Gasteiger partial charge in [-0.15, -0.1) is 0 Å². The molecule has 0 unspecified atom stereocenters. The molecule has 0 heterocycles. The number of fused-ring (bicyclic) bond motifs is 1. The van der Waals surface area contributed by atoms with Crippen LogP contribution < -0.4 is 9.47 Å². The zero-order valence-corrected chi connectivity index (χ0v) is 9.71. The minimum atomic E-state index is 0.277. The Labute approximate surface area is 95.4 Å². The molecule has 0 saturated carbocycles. The molecule has 1 aromatic rings. The van der Waals surface area contributed by atoms with Gasteiger partial charge in [0.05, 0.1) is 13.7 Å². The lowest BCUT2D eigenvalue weighted by Gasteiger charge is -2.21.